The normalized spacial score (nSPS) is 27.7. The van der Waals surface area contributed by atoms with Crippen molar-refractivity contribution in [1.29, 1.82) is 0 Å². The Hall–Kier alpha value is -3.70. The molecular weight excluding hydrogens is 610 g/mol. The molecule has 5 aliphatic rings. The van der Waals surface area contributed by atoms with Crippen molar-refractivity contribution in [1.82, 2.24) is 9.80 Å². The molecule has 0 unspecified atom stereocenters. The van der Waals surface area contributed by atoms with Crippen LogP contribution in [0.25, 0.3) is 5.76 Å². The molecule has 7 rings (SSSR count). The van der Waals surface area contributed by atoms with Crippen LogP contribution in [0, 0.1) is 17.8 Å². The van der Waals surface area contributed by atoms with Crippen molar-refractivity contribution in [3.8, 4) is 5.75 Å². The Morgan fingerprint density at radius 1 is 1.07 bits per heavy atom. The summed E-state index contributed by atoms with van der Waals surface area (Å²) in [5, 5.41) is 46.1. The molecular formula is C35H38ClN3O7. The van der Waals surface area contributed by atoms with Crippen LogP contribution in [0.2, 0.25) is 5.02 Å². The quantitative estimate of drug-likeness (QED) is 0.284. The zero-order valence-electron chi connectivity index (χ0n) is 25.8. The van der Waals surface area contributed by atoms with Crippen LogP contribution in [0.1, 0.15) is 47.1 Å². The molecule has 2 aromatic rings. The standard InChI is InChI=1S/C35H38ClN3O7/c1-38(2)29-23-12-19-11-22-26(30(41)25(19)32(43)35(23,46)33(44)27(31(29)42)34(37)45)24(40)13-20(28(22)36)15-39(14-16-7-8-16)21-9-17-5-3-4-6-18(17)10-21/h3-6,13,16,19,21,23,29,40-41,44,46H,7-12,14-15H2,1-2H3,(H2,37,45)/t19-,23-,29-,35-/m0/s1. The Kier molecular flexibility index (Phi) is 7.36. The summed E-state index contributed by atoms with van der Waals surface area (Å²) in [5.74, 6) is -6.17. The molecule has 5 aliphatic carbocycles. The van der Waals surface area contributed by atoms with Crippen LogP contribution >= 0.6 is 11.6 Å². The number of phenolic OH excluding ortho intramolecular Hbond substituents is 1. The number of hydrogen-bond donors (Lipinski definition) is 5. The summed E-state index contributed by atoms with van der Waals surface area (Å²) >= 11 is 7.10. The Labute approximate surface area is 271 Å². The topological polar surface area (TPSA) is 165 Å². The number of amides is 1. The van der Waals surface area contributed by atoms with Crippen LogP contribution in [-0.2, 0) is 40.2 Å². The molecule has 11 heteroatoms. The van der Waals surface area contributed by atoms with Gasteiger partial charge < -0.3 is 26.2 Å². The third kappa shape index (κ3) is 4.60. The van der Waals surface area contributed by atoms with Gasteiger partial charge in [0.05, 0.1) is 11.6 Å². The number of primary amides is 1. The van der Waals surface area contributed by atoms with E-state index in [9.17, 15) is 34.8 Å². The van der Waals surface area contributed by atoms with Crippen molar-refractivity contribution in [2.75, 3.05) is 20.6 Å². The summed E-state index contributed by atoms with van der Waals surface area (Å²) in [4.78, 5) is 43.6. The van der Waals surface area contributed by atoms with Gasteiger partial charge in [-0.2, -0.15) is 0 Å². The lowest BCUT2D eigenvalue weighted by Gasteiger charge is -2.50. The van der Waals surface area contributed by atoms with Crippen molar-refractivity contribution in [3.63, 3.8) is 0 Å². The zero-order chi connectivity index (χ0) is 32.8. The molecule has 242 valence electrons. The number of carbonyl (C=O) groups excluding carboxylic acids is 3. The van der Waals surface area contributed by atoms with E-state index >= 15 is 0 Å². The minimum atomic E-state index is -2.67. The second kappa shape index (κ2) is 10.9. The van der Waals surface area contributed by atoms with Gasteiger partial charge in [-0.3, -0.25) is 24.2 Å². The maximum absolute atomic E-state index is 14.1. The first-order chi connectivity index (χ1) is 21.8. The SMILES string of the molecule is CN(C)[C@@H]1C(=O)C(C(N)=O)=C(O)[C@@]2(O)C(=O)C3=C(O)c4c(O)cc(CN(CC5CC5)C5Cc6ccccc6C5)c(Cl)c4C[C@H]3C[C@@H]12. The number of nitrogens with zero attached hydrogens (tertiary/aromatic N) is 2. The van der Waals surface area contributed by atoms with E-state index in [1.165, 1.54) is 34.9 Å². The molecule has 0 saturated heterocycles. The third-order valence-electron chi connectivity index (χ3n) is 10.8. The van der Waals surface area contributed by atoms with Crippen molar-refractivity contribution in [2.45, 2.75) is 62.8 Å². The number of benzene rings is 2. The summed E-state index contributed by atoms with van der Waals surface area (Å²) in [5.41, 5.74) is 5.61. The summed E-state index contributed by atoms with van der Waals surface area (Å²) in [6, 6.07) is 9.16. The Morgan fingerprint density at radius 2 is 1.72 bits per heavy atom. The predicted octanol–water partition coefficient (Wildman–Crippen LogP) is 3.00. The first-order valence-electron chi connectivity index (χ1n) is 15.8. The fourth-order valence-electron chi connectivity index (χ4n) is 8.45. The number of aliphatic hydroxyl groups is 3. The molecule has 0 spiro atoms. The summed E-state index contributed by atoms with van der Waals surface area (Å²) < 4.78 is 0. The molecule has 0 bridgehead atoms. The largest absolute Gasteiger partial charge is 0.508 e. The molecule has 2 saturated carbocycles. The Morgan fingerprint density at radius 3 is 2.30 bits per heavy atom. The lowest BCUT2D eigenvalue weighted by atomic mass is 9.57. The zero-order valence-corrected chi connectivity index (χ0v) is 26.5. The number of ketones is 2. The molecule has 0 aromatic heterocycles. The number of fused-ring (bicyclic) bond motifs is 4. The molecule has 2 aromatic carbocycles. The second-order valence-electron chi connectivity index (χ2n) is 13.9. The van der Waals surface area contributed by atoms with Gasteiger partial charge in [0.1, 0.15) is 22.8 Å². The number of halogens is 1. The lowest BCUT2D eigenvalue weighted by molar-refractivity contribution is -0.153. The first-order valence-corrected chi connectivity index (χ1v) is 16.2. The lowest BCUT2D eigenvalue weighted by Crippen LogP contribution is -2.65. The van der Waals surface area contributed by atoms with Crippen LogP contribution in [0.3, 0.4) is 0 Å². The molecule has 10 nitrogen and oxygen atoms in total. The number of aliphatic hydroxyl groups excluding tert-OH is 2. The van der Waals surface area contributed by atoms with Crippen LogP contribution in [0.5, 0.6) is 5.75 Å². The molecule has 0 aliphatic heterocycles. The van der Waals surface area contributed by atoms with Crippen LogP contribution in [0.4, 0.5) is 0 Å². The van der Waals surface area contributed by atoms with Gasteiger partial charge in [-0.05, 0) is 92.8 Å². The van der Waals surface area contributed by atoms with E-state index in [1.807, 2.05) is 0 Å². The smallest absolute Gasteiger partial charge is 0.255 e. The van der Waals surface area contributed by atoms with Gasteiger partial charge in [0.2, 0.25) is 5.78 Å². The summed E-state index contributed by atoms with van der Waals surface area (Å²) in [6.45, 7) is 1.42. The Bertz CT molecular complexity index is 1740. The minimum absolute atomic E-state index is 0.00653. The minimum Gasteiger partial charge on any atom is -0.508 e. The molecule has 46 heavy (non-hydrogen) atoms. The highest BCUT2D eigenvalue weighted by Gasteiger charge is 2.64. The van der Waals surface area contributed by atoms with Gasteiger partial charge in [-0.1, -0.05) is 35.9 Å². The van der Waals surface area contributed by atoms with E-state index in [0.29, 0.717) is 29.1 Å². The van der Waals surface area contributed by atoms with Gasteiger partial charge in [-0.15, -0.1) is 0 Å². The number of hydrogen-bond acceptors (Lipinski definition) is 9. The summed E-state index contributed by atoms with van der Waals surface area (Å²) in [7, 11) is 3.15. The fraction of sp³-hybridized carbons (Fsp3) is 0.457. The first kappa shape index (κ1) is 30.9. The third-order valence-corrected chi connectivity index (χ3v) is 11.3. The highest BCUT2D eigenvalue weighted by atomic mass is 35.5. The van der Waals surface area contributed by atoms with E-state index in [-0.39, 0.29) is 29.7 Å². The molecule has 4 atom stereocenters. The molecule has 6 N–H and O–H groups in total. The molecule has 1 amide bonds. The number of likely N-dealkylation sites (N-methyl/N-ethyl adjacent to an activating group) is 1. The van der Waals surface area contributed by atoms with Gasteiger partial charge in [0.15, 0.2) is 11.4 Å². The number of rotatable bonds is 7. The maximum atomic E-state index is 14.1. The highest BCUT2D eigenvalue weighted by Crippen LogP contribution is 2.54. The number of aromatic hydroxyl groups is 1. The molecule has 2 fully saturated rings. The summed E-state index contributed by atoms with van der Waals surface area (Å²) in [6.07, 6.45) is 4.42. The van der Waals surface area contributed by atoms with Gasteiger partial charge in [-0.25, -0.2) is 0 Å². The van der Waals surface area contributed by atoms with Crippen LogP contribution in [0.15, 0.2) is 47.2 Å². The molecule has 0 heterocycles. The van der Waals surface area contributed by atoms with Gasteiger partial charge in [0, 0.05) is 35.6 Å². The van der Waals surface area contributed by atoms with E-state index in [1.54, 1.807) is 14.1 Å². The average Bonchev–Trinajstić information content (AvgIpc) is 3.71. The van der Waals surface area contributed by atoms with E-state index in [4.69, 9.17) is 17.3 Å². The van der Waals surface area contributed by atoms with Crippen molar-refractivity contribution in [2.24, 2.45) is 23.5 Å². The van der Waals surface area contributed by atoms with Crippen molar-refractivity contribution < 1.29 is 34.8 Å². The second-order valence-corrected chi connectivity index (χ2v) is 14.3. The van der Waals surface area contributed by atoms with Gasteiger partial charge in [0.25, 0.3) is 5.91 Å². The van der Waals surface area contributed by atoms with Gasteiger partial charge >= 0.3 is 0 Å². The van der Waals surface area contributed by atoms with Crippen LogP contribution < -0.4 is 5.73 Å². The number of phenols is 1. The van der Waals surface area contributed by atoms with E-state index in [2.05, 4.69) is 29.2 Å². The van der Waals surface area contributed by atoms with Crippen molar-refractivity contribution in [3.05, 3.63) is 80.1 Å². The number of nitrogens with two attached hydrogens (primary N) is 1. The predicted molar refractivity (Wildman–Crippen MR) is 170 cm³/mol. The monoisotopic (exact) mass is 647 g/mol. The average molecular weight is 648 g/mol. The fourth-order valence-corrected chi connectivity index (χ4v) is 8.74. The Balaban J connectivity index is 1.27. The maximum Gasteiger partial charge on any atom is 0.255 e. The molecule has 0 radical (unpaired) electrons. The number of Topliss-reactive ketones (excluding diaryl/α,β-unsaturated/α-hetero) is 2. The van der Waals surface area contributed by atoms with E-state index < -0.39 is 58.0 Å². The van der Waals surface area contributed by atoms with Crippen LogP contribution in [-0.4, -0.2) is 86.0 Å². The van der Waals surface area contributed by atoms with Crippen molar-refractivity contribution >= 4 is 34.8 Å². The number of carbonyl (C=O) groups is 3. The highest BCUT2D eigenvalue weighted by molar-refractivity contribution is 6.32. The van der Waals surface area contributed by atoms with E-state index in [0.717, 1.165) is 24.9 Å².